The number of rotatable bonds is 9. The minimum Gasteiger partial charge on any atom is -0.456 e. The number of carbonyl (C=O) groups excluding carboxylic acids is 3. The first-order valence-electron chi connectivity index (χ1n) is 6.69. The lowest BCUT2D eigenvalue weighted by atomic mass is 10.0. The van der Waals surface area contributed by atoms with Crippen LogP contribution in [0.5, 0.6) is 0 Å². The molecule has 0 heterocycles. The lowest BCUT2D eigenvalue weighted by Gasteiger charge is -2.33. The second-order valence-electron chi connectivity index (χ2n) is 4.54. The maximum absolute atomic E-state index is 11.4. The van der Waals surface area contributed by atoms with Gasteiger partial charge in [-0.15, -0.1) is 0 Å². The van der Waals surface area contributed by atoms with Gasteiger partial charge in [0.05, 0.1) is 12.7 Å². The monoisotopic (exact) mass is 331 g/mol. The number of carbonyl (C=O) groups is 3. The highest BCUT2D eigenvalue weighted by Crippen LogP contribution is 2.19. The van der Waals surface area contributed by atoms with Crippen molar-refractivity contribution in [2.75, 3.05) is 20.8 Å². The van der Waals surface area contributed by atoms with Gasteiger partial charge in [-0.05, 0) is 0 Å². The molecule has 0 aromatic carbocycles. The van der Waals surface area contributed by atoms with Crippen LogP contribution < -0.4 is 0 Å². The molecule has 0 saturated heterocycles. The Morgan fingerprint density at radius 1 is 0.913 bits per heavy atom. The van der Waals surface area contributed by atoms with Crippen LogP contribution in [0.2, 0.25) is 0 Å². The van der Waals surface area contributed by atoms with Crippen molar-refractivity contribution in [3.63, 3.8) is 0 Å². The van der Waals surface area contributed by atoms with E-state index in [2.05, 4.69) is 0 Å². The summed E-state index contributed by atoms with van der Waals surface area (Å²) in [5.74, 6) is -2.09. The standard InChI is InChI=1S/C14H21NO8/c1-8(16)21-12(7-19-4)14(23-10(3)18)13(22-9(2)17)11(6-15)20-5/h11-14H,7H2,1-5H3/t11-,12+,13+,14+/m1/s1. The third kappa shape index (κ3) is 7.58. The first-order chi connectivity index (χ1) is 10.8. The summed E-state index contributed by atoms with van der Waals surface area (Å²) in [6.07, 6.45) is -4.90. The number of ether oxygens (including phenoxy) is 5. The molecule has 0 aromatic heterocycles. The van der Waals surface area contributed by atoms with Gasteiger partial charge in [0.25, 0.3) is 0 Å². The lowest BCUT2D eigenvalue weighted by Crippen LogP contribution is -2.52. The van der Waals surface area contributed by atoms with E-state index in [-0.39, 0.29) is 6.61 Å². The van der Waals surface area contributed by atoms with E-state index >= 15 is 0 Å². The van der Waals surface area contributed by atoms with Gasteiger partial charge in [0.1, 0.15) is 0 Å². The fourth-order valence-electron chi connectivity index (χ4n) is 1.87. The van der Waals surface area contributed by atoms with Gasteiger partial charge in [0.15, 0.2) is 24.4 Å². The quantitative estimate of drug-likeness (QED) is 0.423. The third-order valence-electron chi connectivity index (χ3n) is 2.62. The Bertz CT molecular complexity index is 458. The predicted molar refractivity (Wildman–Crippen MR) is 74.9 cm³/mol. The Hall–Kier alpha value is -2.18. The van der Waals surface area contributed by atoms with Crippen molar-refractivity contribution in [3.8, 4) is 6.07 Å². The Morgan fingerprint density at radius 2 is 1.39 bits per heavy atom. The summed E-state index contributed by atoms with van der Waals surface area (Å²) in [5, 5.41) is 9.14. The molecule has 0 unspecified atom stereocenters. The van der Waals surface area contributed by atoms with Gasteiger partial charge >= 0.3 is 17.9 Å². The van der Waals surface area contributed by atoms with E-state index in [1.54, 1.807) is 6.07 Å². The van der Waals surface area contributed by atoms with Crippen LogP contribution in [0.15, 0.2) is 0 Å². The zero-order chi connectivity index (χ0) is 18.0. The highest BCUT2D eigenvalue weighted by atomic mass is 16.6. The van der Waals surface area contributed by atoms with Crippen molar-refractivity contribution in [2.45, 2.75) is 45.2 Å². The highest BCUT2D eigenvalue weighted by Gasteiger charge is 2.42. The zero-order valence-electron chi connectivity index (χ0n) is 13.7. The number of methoxy groups -OCH3 is 2. The molecule has 0 aliphatic carbocycles. The normalized spacial score (nSPS) is 15.5. The Kier molecular flexibility index (Phi) is 9.53. The van der Waals surface area contributed by atoms with E-state index in [4.69, 9.17) is 28.9 Å². The topological polar surface area (TPSA) is 121 Å². The minimum absolute atomic E-state index is 0.142. The summed E-state index contributed by atoms with van der Waals surface area (Å²) in [5.41, 5.74) is 0. The fourth-order valence-corrected chi connectivity index (χ4v) is 1.87. The van der Waals surface area contributed by atoms with Crippen LogP contribution in [0, 0.1) is 11.3 Å². The van der Waals surface area contributed by atoms with Gasteiger partial charge < -0.3 is 23.7 Å². The van der Waals surface area contributed by atoms with Crippen LogP contribution in [-0.4, -0.2) is 63.2 Å². The predicted octanol–water partition coefficient (Wildman–Crippen LogP) is -0.0335. The molecule has 0 aliphatic rings. The first kappa shape index (κ1) is 20.8. The lowest BCUT2D eigenvalue weighted by molar-refractivity contribution is -0.194. The largest absolute Gasteiger partial charge is 0.456 e. The molecular weight excluding hydrogens is 310 g/mol. The van der Waals surface area contributed by atoms with Gasteiger partial charge in [-0.25, -0.2) is 0 Å². The number of hydrogen-bond acceptors (Lipinski definition) is 9. The summed E-state index contributed by atoms with van der Waals surface area (Å²) in [7, 11) is 2.58. The van der Waals surface area contributed by atoms with Crippen LogP contribution in [0.3, 0.4) is 0 Å². The molecule has 0 amide bonds. The summed E-state index contributed by atoms with van der Waals surface area (Å²) < 4.78 is 25.1. The van der Waals surface area contributed by atoms with Gasteiger partial charge in [-0.2, -0.15) is 5.26 Å². The van der Waals surface area contributed by atoms with E-state index in [1.165, 1.54) is 14.2 Å². The van der Waals surface area contributed by atoms with Crippen molar-refractivity contribution >= 4 is 17.9 Å². The molecule has 9 nitrogen and oxygen atoms in total. The fraction of sp³-hybridized carbons (Fsp3) is 0.714. The number of esters is 3. The number of nitrogens with zero attached hydrogens (tertiary/aromatic N) is 1. The minimum atomic E-state index is -1.30. The van der Waals surface area contributed by atoms with E-state index < -0.39 is 42.3 Å². The van der Waals surface area contributed by atoms with E-state index in [0.29, 0.717) is 0 Å². The van der Waals surface area contributed by atoms with E-state index in [1.807, 2.05) is 0 Å². The molecule has 0 N–H and O–H groups in total. The molecule has 4 atom stereocenters. The van der Waals surface area contributed by atoms with Gasteiger partial charge in [-0.1, -0.05) is 0 Å². The number of nitriles is 1. The molecule has 23 heavy (non-hydrogen) atoms. The van der Waals surface area contributed by atoms with Crippen molar-refractivity contribution in [1.29, 1.82) is 5.26 Å². The smallest absolute Gasteiger partial charge is 0.303 e. The Balaban J connectivity index is 5.70. The molecule has 0 bridgehead atoms. The third-order valence-corrected chi connectivity index (χ3v) is 2.62. The molecule has 0 aromatic rings. The van der Waals surface area contributed by atoms with Gasteiger partial charge in [-0.3, -0.25) is 14.4 Å². The average Bonchev–Trinajstić information content (AvgIpc) is 2.43. The van der Waals surface area contributed by atoms with Crippen molar-refractivity contribution in [1.82, 2.24) is 0 Å². The molecule has 0 aliphatic heterocycles. The Labute approximate surface area is 134 Å². The highest BCUT2D eigenvalue weighted by molar-refractivity contribution is 5.68. The Morgan fingerprint density at radius 3 is 1.74 bits per heavy atom. The van der Waals surface area contributed by atoms with Crippen LogP contribution in [0.4, 0.5) is 0 Å². The van der Waals surface area contributed by atoms with Crippen molar-refractivity contribution < 1.29 is 38.1 Å². The van der Waals surface area contributed by atoms with Crippen LogP contribution in [-0.2, 0) is 38.1 Å². The molecule has 130 valence electrons. The molecule has 9 heteroatoms. The summed E-state index contributed by atoms with van der Waals surface area (Å²) >= 11 is 0. The molecular formula is C14H21NO8. The van der Waals surface area contributed by atoms with Crippen LogP contribution in [0.1, 0.15) is 20.8 Å². The van der Waals surface area contributed by atoms with Crippen LogP contribution in [0.25, 0.3) is 0 Å². The van der Waals surface area contributed by atoms with Crippen LogP contribution >= 0.6 is 0 Å². The van der Waals surface area contributed by atoms with Crippen molar-refractivity contribution in [3.05, 3.63) is 0 Å². The second-order valence-corrected chi connectivity index (χ2v) is 4.54. The molecule has 0 radical (unpaired) electrons. The van der Waals surface area contributed by atoms with Gasteiger partial charge in [0.2, 0.25) is 0 Å². The summed E-state index contributed by atoms with van der Waals surface area (Å²) in [6, 6.07) is 1.79. The number of hydrogen-bond donors (Lipinski definition) is 0. The maximum atomic E-state index is 11.4. The summed E-state index contributed by atoms with van der Waals surface area (Å²) in [4.78, 5) is 33.9. The van der Waals surface area contributed by atoms with Crippen molar-refractivity contribution in [2.24, 2.45) is 0 Å². The zero-order valence-corrected chi connectivity index (χ0v) is 13.7. The maximum Gasteiger partial charge on any atom is 0.303 e. The average molecular weight is 331 g/mol. The van der Waals surface area contributed by atoms with Gasteiger partial charge in [0, 0.05) is 35.0 Å². The second kappa shape index (κ2) is 10.5. The summed E-state index contributed by atoms with van der Waals surface area (Å²) in [6.45, 7) is 3.27. The van der Waals surface area contributed by atoms with E-state index in [9.17, 15) is 14.4 Å². The molecule has 0 spiro atoms. The SMILES string of the molecule is COC[C@H](OC(C)=O)[C@H](OC(C)=O)[C@@H](OC(C)=O)[C@@H](C#N)OC. The molecule has 0 saturated carbocycles. The molecule has 0 fully saturated rings. The van der Waals surface area contributed by atoms with E-state index in [0.717, 1.165) is 20.8 Å². The first-order valence-corrected chi connectivity index (χ1v) is 6.69. The molecule has 0 rings (SSSR count).